The molecule has 2 heterocycles. The van der Waals surface area contributed by atoms with Crippen molar-refractivity contribution < 1.29 is 22.7 Å². The molecule has 0 amide bonds. The molecule has 0 unspecified atom stereocenters. The summed E-state index contributed by atoms with van der Waals surface area (Å²) in [5, 5.41) is 0. The molecule has 0 aliphatic carbocycles. The van der Waals surface area contributed by atoms with Gasteiger partial charge in [0.1, 0.15) is 0 Å². The molecule has 1 saturated heterocycles. The Balaban J connectivity index is 2.19. The highest BCUT2D eigenvalue weighted by Gasteiger charge is 2.42. The second kappa shape index (κ2) is 5.73. The lowest BCUT2D eigenvalue weighted by atomic mass is 10.1. The first-order valence-corrected chi connectivity index (χ1v) is 8.64. The number of ether oxygens (including phenoxy) is 2. The van der Waals surface area contributed by atoms with Gasteiger partial charge in [-0.25, -0.2) is 13.2 Å². The molecule has 0 radical (unpaired) electrons. The summed E-state index contributed by atoms with van der Waals surface area (Å²) in [6.07, 6.45) is 0. The van der Waals surface area contributed by atoms with Gasteiger partial charge in [-0.1, -0.05) is 18.2 Å². The van der Waals surface area contributed by atoms with E-state index in [4.69, 9.17) is 9.47 Å². The van der Waals surface area contributed by atoms with Gasteiger partial charge < -0.3 is 14.4 Å². The average molecular weight is 323 g/mol. The van der Waals surface area contributed by atoms with Crippen LogP contribution < -0.4 is 0 Å². The Morgan fingerprint density at radius 3 is 2.64 bits per heavy atom. The summed E-state index contributed by atoms with van der Waals surface area (Å²) >= 11 is 0. The van der Waals surface area contributed by atoms with Crippen molar-refractivity contribution in [3.05, 3.63) is 34.7 Å². The monoisotopic (exact) mass is 323 g/mol. The molecule has 1 aromatic carbocycles. The van der Waals surface area contributed by atoms with Crippen molar-refractivity contribution in [1.82, 2.24) is 4.90 Å². The minimum atomic E-state index is -3.84. The van der Waals surface area contributed by atoms with Crippen LogP contribution in [0.1, 0.15) is 12.5 Å². The number of benzene rings is 1. The van der Waals surface area contributed by atoms with Crippen molar-refractivity contribution in [2.75, 3.05) is 32.9 Å². The number of rotatable bonds is 3. The number of carbonyl (C=O) groups is 1. The first-order valence-electron chi connectivity index (χ1n) is 7.16. The summed E-state index contributed by atoms with van der Waals surface area (Å²) in [4.78, 5) is 14.1. The van der Waals surface area contributed by atoms with Crippen LogP contribution in [0.3, 0.4) is 0 Å². The van der Waals surface area contributed by atoms with E-state index in [1.165, 1.54) is 6.07 Å². The van der Waals surface area contributed by atoms with Gasteiger partial charge in [0, 0.05) is 18.7 Å². The third kappa shape index (κ3) is 2.30. The summed E-state index contributed by atoms with van der Waals surface area (Å²) < 4.78 is 35.8. The zero-order chi connectivity index (χ0) is 15.7. The van der Waals surface area contributed by atoms with Gasteiger partial charge in [0.25, 0.3) is 0 Å². The fourth-order valence-corrected chi connectivity index (χ4v) is 4.46. The van der Waals surface area contributed by atoms with Gasteiger partial charge in [-0.2, -0.15) is 0 Å². The Bertz CT molecular complexity index is 732. The highest BCUT2D eigenvalue weighted by atomic mass is 32.2. The molecule has 0 spiro atoms. The second-order valence-corrected chi connectivity index (χ2v) is 6.85. The molecule has 3 rings (SSSR count). The van der Waals surface area contributed by atoms with Crippen LogP contribution in [0.5, 0.6) is 0 Å². The highest BCUT2D eigenvalue weighted by Crippen LogP contribution is 2.41. The minimum Gasteiger partial charge on any atom is -0.462 e. The van der Waals surface area contributed by atoms with Gasteiger partial charge in [0.15, 0.2) is 4.91 Å². The van der Waals surface area contributed by atoms with Gasteiger partial charge in [0.05, 0.1) is 30.4 Å². The second-order valence-electron chi connectivity index (χ2n) is 5.00. The number of fused-ring (bicyclic) bond motifs is 1. The van der Waals surface area contributed by atoms with E-state index in [9.17, 15) is 13.2 Å². The molecule has 1 fully saturated rings. The fourth-order valence-electron chi connectivity index (χ4n) is 2.76. The Morgan fingerprint density at radius 1 is 1.27 bits per heavy atom. The smallest absolute Gasteiger partial charge is 0.352 e. The Kier molecular flexibility index (Phi) is 3.92. The van der Waals surface area contributed by atoms with E-state index in [-0.39, 0.29) is 16.4 Å². The quantitative estimate of drug-likeness (QED) is 0.774. The Hall–Kier alpha value is -1.86. The van der Waals surface area contributed by atoms with Crippen LogP contribution >= 0.6 is 0 Å². The number of carbonyl (C=O) groups excluding carboxylic acids is 1. The Morgan fingerprint density at radius 2 is 1.95 bits per heavy atom. The lowest BCUT2D eigenvalue weighted by Crippen LogP contribution is -2.35. The third-order valence-electron chi connectivity index (χ3n) is 3.70. The molecular weight excluding hydrogens is 306 g/mol. The van der Waals surface area contributed by atoms with E-state index in [1.54, 1.807) is 25.1 Å². The first kappa shape index (κ1) is 15.1. The van der Waals surface area contributed by atoms with E-state index in [1.807, 2.05) is 4.90 Å². The topological polar surface area (TPSA) is 72.9 Å². The van der Waals surface area contributed by atoms with E-state index >= 15 is 0 Å². The van der Waals surface area contributed by atoms with Crippen molar-refractivity contribution in [1.29, 1.82) is 0 Å². The standard InChI is InChI=1S/C15H17NO5S/c1-2-21-15(17)14-13(16-7-9-20-10-8-16)11-5-3-4-6-12(11)22(14,18)19/h3-6H,2,7-10H2,1H3. The Labute approximate surface area is 129 Å². The van der Waals surface area contributed by atoms with Crippen LogP contribution in [0.15, 0.2) is 34.1 Å². The van der Waals surface area contributed by atoms with Crippen molar-refractivity contribution in [3.63, 3.8) is 0 Å². The number of hydrogen-bond donors (Lipinski definition) is 0. The van der Waals surface area contributed by atoms with Crippen LogP contribution in [0.2, 0.25) is 0 Å². The lowest BCUT2D eigenvalue weighted by molar-refractivity contribution is -0.137. The molecule has 0 N–H and O–H groups in total. The summed E-state index contributed by atoms with van der Waals surface area (Å²) in [6.45, 7) is 3.87. The summed E-state index contributed by atoms with van der Waals surface area (Å²) in [6, 6.07) is 6.67. The molecule has 2 aliphatic rings. The molecular formula is C15H17NO5S. The molecule has 118 valence electrons. The zero-order valence-corrected chi connectivity index (χ0v) is 13.1. The largest absolute Gasteiger partial charge is 0.462 e. The van der Waals surface area contributed by atoms with E-state index in [2.05, 4.69) is 0 Å². The maximum atomic E-state index is 12.7. The van der Waals surface area contributed by atoms with Gasteiger partial charge in [-0.3, -0.25) is 0 Å². The number of nitrogens with zero attached hydrogens (tertiary/aromatic N) is 1. The lowest BCUT2D eigenvalue weighted by Gasteiger charge is -2.30. The minimum absolute atomic E-state index is 0.130. The molecule has 1 aromatic rings. The fraction of sp³-hybridized carbons (Fsp3) is 0.400. The maximum absolute atomic E-state index is 12.7. The van der Waals surface area contributed by atoms with E-state index in [0.29, 0.717) is 37.6 Å². The average Bonchev–Trinajstić information content (AvgIpc) is 2.77. The normalized spacial score (nSPS) is 20.0. The molecule has 0 aromatic heterocycles. The van der Waals surface area contributed by atoms with E-state index in [0.717, 1.165) is 0 Å². The summed E-state index contributed by atoms with van der Waals surface area (Å²) in [7, 11) is -3.84. The number of sulfone groups is 1. The number of hydrogen-bond acceptors (Lipinski definition) is 6. The van der Waals surface area contributed by atoms with Gasteiger partial charge >= 0.3 is 5.97 Å². The molecule has 0 atom stereocenters. The molecule has 22 heavy (non-hydrogen) atoms. The summed E-state index contributed by atoms with van der Waals surface area (Å²) in [5.41, 5.74) is 1.00. The maximum Gasteiger partial charge on any atom is 0.352 e. The molecule has 0 saturated carbocycles. The number of esters is 1. The van der Waals surface area contributed by atoms with Gasteiger partial charge in [-0.05, 0) is 13.0 Å². The van der Waals surface area contributed by atoms with Crippen LogP contribution in [0.25, 0.3) is 5.70 Å². The van der Waals surface area contributed by atoms with Crippen molar-refractivity contribution in [3.8, 4) is 0 Å². The molecule has 7 heteroatoms. The zero-order valence-electron chi connectivity index (χ0n) is 12.2. The van der Waals surface area contributed by atoms with Crippen LogP contribution in [-0.2, 0) is 24.1 Å². The van der Waals surface area contributed by atoms with Crippen molar-refractivity contribution in [2.45, 2.75) is 11.8 Å². The van der Waals surface area contributed by atoms with Crippen LogP contribution in [-0.4, -0.2) is 52.2 Å². The SMILES string of the molecule is CCOC(=O)C1=C(N2CCOCC2)c2ccccc2S1(=O)=O. The third-order valence-corrected chi connectivity index (χ3v) is 5.54. The molecule has 0 bridgehead atoms. The van der Waals surface area contributed by atoms with Crippen molar-refractivity contribution in [2.24, 2.45) is 0 Å². The van der Waals surface area contributed by atoms with Crippen LogP contribution in [0.4, 0.5) is 0 Å². The van der Waals surface area contributed by atoms with Crippen molar-refractivity contribution >= 4 is 21.5 Å². The number of morpholine rings is 1. The highest BCUT2D eigenvalue weighted by molar-refractivity contribution is 7.96. The summed E-state index contributed by atoms with van der Waals surface area (Å²) in [5.74, 6) is -0.791. The molecule has 6 nitrogen and oxygen atoms in total. The predicted octanol–water partition coefficient (Wildman–Crippen LogP) is 1.04. The predicted molar refractivity (Wildman–Crippen MR) is 79.6 cm³/mol. The van der Waals surface area contributed by atoms with Gasteiger partial charge in [0.2, 0.25) is 9.84 Å². The van der Waals surface area contributed by atoms with Crippen LogP contribution in [0, 0.1) is 0 Å². The molecule has 2 aliphatic heterocycles. The first-order chi connectivity index (χ1) is 10.6. The van der Waals surface area contributed by atoms with Gasteiger partial charge in [-0.15, -0.1) is 0 Å². The van der Waals surface area contributed by atoms with E-state index < -0.39 is 15.8 Å².